The Morgan fingerprint density at radius 3 is 2.76 bits per heavy atom. The van der Waals surface area contributed by atoms with Crippen LogP contribution in [-0.4, -0.2) is 20.5 Å². The SMILES string of the molecule is Cc1cn2cc(C[C@H]3CC[C@H](C(=O)O)CC3)cc(F)c2n1. The molecular formula is C16H19FN2O2. The highest BCUT2D eigenvalue weighted by Crippen LogP contribution is 2.31. The van der Waals surface area contributed by atoms with E-state index >= 15 is 0 Å². The number of aliphatic carboxylic acids is 1. The second-order valence-corrected chi connectivity index (χ2v) is 6.07. The number of hydrogen-bond donors (Lipinski definition) is 1. The Balaban J connectivity index is 1.72. The molecule has 0 spiro atoms. The van der Waals surface area contributed by atoms with Crippen molar-refractivity contribution < 1.29 is 14.3 Å². The van der Waals surface area contributed by atoms with Gasteiger partial charge in [0.2, 0.25) is 0 Å². The second kappa shape index (κ2) is 5.47. The van der Waals surface area contributed by atoms with Gasteiger partial charge in [0.05, 0.1) is 11.6 Å². The molecule has 4 nitrogen and oxygen atoms in total. The predicted molar refractivity (Wildman–Crippen MR) is 76.7 cm³/mol. The van der Waals surface area contributed by atoms with Crippen molar-refractivity contribution in [3.05, 3.63) is 35.5 Å². The van der Waals surface area contributed by atoms with Crippen molar-refractivity contribution in [3.63, 3.8) is 0 Å². The van der Waals surface area contributed by atoms with Gasteiger partial charge in [-0.2, -0.15) is 0 Å². The van der Waals surface area contributed by atoms with Crippen LogP contribution in [-0.2, 0) is 11.2 Å². The first-order valence-corrected chi connectivity index (χ1v) is 7.39. The summed E-state index contributed by atoms with van der Waals surface area (Å²) in [5.74, 6) is -0.728. The van der Waals surface area contributed by atoms with E-state index in [9.17, 15) is 9.18 Å². The van der Waals surface area contributed by atoms with Crippen LogP contribution in [0.25, 0.3) is 5.65 Å². The third kappa shape index (κ3) is 2.91. The van der Waals surface area contributed by atoms with Crippen LogP contribution in [0, 0.1) is 24.6 Å². The molecule has 0 bridgehead atoms. The van der Waals surface area contributed by atoms with E-state index in [1.165, 1.54) is 0 Å². The van der Waals surface area contributed by atoms with Gasteiger partial charge in [-0.15, -0.1) is 0 Å². The number of aryl methyl sites for hydroxylation is 1. The van der Waals surface area contributed by atoms with Gasteiger partial charge in [0, 0.05) is 12.4 Å². The fraction of sp³-hybridized carbons (Fsp3) is 0.500. The number of rotatable bonds is 3. The Hall–Kier alpha value is -1.91. The highest BCUT2D eigenvalue weighted by Gasteiger charge is 2.26. The number of carboxylic acids is 1. The molecule has 2 heterocycles. The van der Waals surface area contributed by atoms with E-state index < -0.39 is 5.97 Å². The molecule has 0 radical (unpaired) electrons. The smallest absolute Gasteiger partial charge is 0.306 e. The molecular weight excluding hydrogens is 271 g/mol. The third-order valence-electron chi connectivity index (χ3n) is 4.40. The maximum atomic E-state index is 14.0. The van der Waals surface area contributed by atoms with E-state index in [-0.39, 0.29) is 11.7 Å². The average Bonchev–Trinajstić information content (AvgIpc) is 2.80. The van der Waals surface area contributed by atoms with Crippen molar-refractivity contribution in [3.8, 4) is 0 Å². The van der Waals surface area contributed by atoms with Crippen LogP contribution >= 0.6 is 0 Å². The molecule has 5 heteroatoms. The Labute approximate surface area is 122 Å². The molecule has 3 rings (SSSR count). The summed E-state index contributed by atoms with van der Waals surface area (Å²) >= 11 is 0. The monoisotopic (exact) mass is 290 g/mol. The van der Waals surface area contributed by atoms with E-state index in [1.54, 1.807) is 10.5 Å². The average molecular weight is 290 g/mol. The predicted octanol–water partition coefficient (Wildman–Crippen LogP) is 3.22. The maximum absolute atomic E-state index is 14.0. The zero-order valence-electron chi connectivity index (χ0n) is 12.1. The lowest BCUT2D eigenvalue weighted by atomic mass is 9.79. The molecule has 0 saturated heterocycles. The summed E-state index contributed by atoms with van der Waals surface area (Å²) in [6, 6.07) is 1.56. The van der Waals surface area contributed by atoms with Crippen LogP contribution in [0.5, 0.6) is 0 Å². The number of pyridine rings is 1. The Bertz CT molecular complexity index is 672. The number of imidazole rings is 1. The van der Waals surface area contributed by atoms with Gasteiger partial charge < -0.3 is 9.51 Å². The van der Waals surface area contributed by atoms with Gasteiger partial charge in [0.25, 0.3) is 0 Å². The Morgan fingerprint density at radius 2 is 2.10 bits per heavy atom. The molecule has 1 aliphatic carbocycles. The topological polar surface area (TPSA) is 54.6 Å². The molecule has 2 aromatic heterocycles. The van der Waals surface area contributed by atoms with Crippen LogP contribution in [0.1, 0.15) is 36.9 Å². The van der Waals surface area contributed by atoms with E-state index in [0.717, 1.165) is 43.4 Å². The number of fused-ring (bicyclic) bond motifs is 1. The molecule has 1 N–H and O–H groups in total. The van der Waals surface area contributed by atoms with Gasteiger partial charge in [-0.05, 0) is 56.6 Å². The molecule has 1 aliphatic rings. The lowest BCUT2D eigenvalue weighted by molar-refractivity contribution is -0.143. The fourth-order valence-corrected chi connectivity index (χ4v) is 3.29. The van der Waals surface area contributed by atoms with E-state index in [2.05, 4.69) is 4.98 Å². The summed E-state index contributed by atoms with van der Waals surface area (Å²) in [6.07, 6.45) is 7.82. The minimum absolute atomic E-state index is 0.197. The summed E-state index contributed by atoms with van der Waals surface area (Å²) in [5, 5.41) is 9.01. The van der Waals surface area contributed by atoms with Gasteiger partial charge in [0.15, 0.2) is 11.5 Å². The normalized spacial score (nSPS) is 22.6. The zero-order valence-corrected chi connectivity index (χ0v) is 12.1. The van der Waals surface area contributed by atoms with E-state index in [4.69, 9.17) is 5.11 Å². The van der Waals surface area contributed by atoms with Crippen LogP contribution < -0.4 is 0 Å². The van der Waals surface area contributed by atoms with Crippen molar-refractivity contribution in [2.75, 3.05) is 0 Å². The summed E-state index contributed by atoms with van der Waals surface area (Å²) in [7, 11) is 0. The standard InChI is InChI=1S/C16H19FN2O2/c1-10-8-19-9-12(7-14(17)15(19)18-10)6-11-2-4-13(5-3-11)16(20)21/h7-9,11,13H,2-6H2,1H3,(H,20,21)/t11-,13-. The van der Waals surface area contributed by atoms with Crippen molar-refractivity contribution in [2.24, 2.45) is 11.8 Å². The van der Waals surface area contributed by atoms with Gasteiger partial charge in [-0.1, -0.05) is 0 Å². The molecule has 0 aromatic carbocycles. The van der Waals surface area contributed by atoms with Crippen molar-refractivity contribution >= 4 is 11.6 Å². The van der Waals surface area contributed by atoms with Gasteiger partial charge >= 0.3 is 5.97 Å². The Kier molecular flexibility index (Phi) is 3.66. The van der Waals surface area contributed by atoms with Crippen LogP contribution in [0.4, 0.5) is 4.39 Å². The summed E-state index contributed by atoms with van der Waals surface area (Å²) in [5.41, 5.74) is 2.12. The molecule has 1 fully saturated rings. The Morgan fingerprint density at radius 1 is 1.38 bits per heavy atom. The number of carboxylic acid groups (broad SMARTS) is 1. The highest BCUT2D eigenvalue weighted by molar-refractivity contribution is 5.70. The van der Waals surface area contributed by atoms with Crippen molar-refractivity contribution in [1.29, 1.82) is 0 Å². The molecule has 112 valence electrons. The van der Waals surface area contributed by atoms with Crippen LogP contribution in [0.15, 0.2) is 18.5 Å². The van der Waals surface area contributed by atoms with Crippen LogP contribution in [0.2, 0.25) is 0 Å². The summed E-state index contributed by atoms with van der Waals surface area (Å²) in [6.45, 7) is 1.85. The molecule has 0 atom stereocenters. The third-order valence-corrected chi connectivity index (χ3v) is 4.40. The number of halogens is 1. The lowest BCUT2D eigenvalue weighted by Crippen LogP contribution is -2.22. The number of carbonyl (C=O) groups is 1. The molecule has 0 amide bonds. The molecule has 0 unspecified atom stereocenters. The molecule has 0 aliphatic heterocycles. The first kappa shape index (κ1) is 14.0. The van der Waals surface area contributed by atoms with Gasteiger partial charge in [-0.3, -0.25) is 4.79 Å². The number of aromatic nitrogens is 2. The quantitative estimate of drug-likeness (QED) is 0.944. The highest BCUT2D eigenvalue weighted by atomic mass is 19.1. The largest absolute Gasteiger partial charge is 0.481 e. The van der Waals surface area contributed by atoms with Gasteiger partial charge in [0.1, 0.15) is 0 Å². The summed E-state index contributed by atoms with van der Waals surface area (Å²) in [4.78, 5) is 15.1. The molecule has 2 aromatic rings. The van der Waals surface area contributed by atoms with Crippen LogP contribution in [0.3, 0.4) is 0 Å². The van der Waals surface area contributed by atoms with E-state index in [1.807, 2.05) is 19.3 Å². The minimum atomic E-state index is -0.685. The number of hydrogen-bond acceptors (Lipinski definition) is 2. The minimum Gasteiger partial charge on any atom is -0.481 e. The summed E-state index contributed by atoms with van der Waals surface area (Å²) < 4.78 is 15.8. The van der Waals surface area contributed by atoms with Gasteiger partial charge in [-0.25, -0.2) is 9.37 Å². The zero-order chi connectivity index (χ0) is 15.0. The first-order valence-electron chi connectivity index (χ1n) is 7.39. The fourth-order valence-electron chi connectivity index (χ4n) is 3.29. The van der Waals surface area contributed by atoms with E-state index in [0.29, 0.717) is 11.6 Å². The van der Waals surface area contributed by atoms with Crippen molar-refractivity contribution in [2.45, 2.75) is 39.0 Å². The number of nitrogens with zero attached hydrogens (tertiary/aromatic N) is 2. The second-order valence-electron chi connectivity index (χ2n) is 6.07. The maximum Gasteiger partial charge on any atom is 0.306 e. The molecule has 21 heavy (non-hydrogen) atoms. The van der Waals surface area contributed by atoms with Crippen molar-refractivity contribution in [1.82, 2.24) is 9.38 Å². The lowest BCUT2D eigenvalue weighted by Gasteiger charge is -2.26. The first-order chi connectivity index (χ1) is 10.0. The molecule has 1 saturated carbocycles.